The molecular weight excluding hydrogens is 243 g/mol. The van der Waals surface area contributed by atoms with E-state index in [-0.39, 0.29) is 25.2 Å². The van der Waals surface area contributed by atoms with Gasteiger partial charge in [-0.05, 0) is 0 Å². The molecule has 0 amide bonds. The molecule has 0 radical (unpaired) electrons. The first-order valence-electron chi connectivity index (χ1n) is 3.57. The van der Waals surface area contributed by atoms with Gasteiger partial charge in [0.15, 0.2) is 0 Å². The molecule has 0 saturated carbocycles. The Hall–Kier alpha value is 0.200. The quantitative estimate of drug-likeness (QED) is 0.274. The van der Waals surface area contributed by atoms with Crippen molar-refractivity contribution >= 4 is 3.98 Å². The zero-order valence-corrected chi connectivity index (χ0v) is 8.68. The maximum atomic E-state index is 10.7. The van der Waals surface area contributed by atoms with Crippen LogP contribution in [0.4, 0.5) is 4.79 Å². The van der Waals surface area contributed by atoms with E-state index in [2.05, 4.69) is 6.92 Å². The second kappa shape index (κ2) is 7.31. The second-order valence-corrected chi connectivity index (χ2v) is 5.01. The summed E-state index contributed by atoms with van der Waals surface area (Å²) in [4.78, 5) is 10.7. The molecule has 0 atom stereocenters. The Labute approximate surface area is 72.6 Å². The van der Waals surface area contributed by atoms with Crippen molar-refractivity contribution in [3.05, 3.63) is 0 Å². The molecule has 0 saturated heterocycles. The van der Waals surface area contributed by atoms with Gasteiger partial charge in [-0.15, -0.1) is 0 Å². The first-order valence-corrected chi connectivity index (χ1v) is 6.17. The van der Waals surface area contributed by atoms with Gasteiger partial charge >= 0.3 is 72.4 Å². The summed E-state index contributed by atoms with van der Waals surface area (Å²) in [6, 6.07) is 0. The van der Waals surface area contributed by atoms with Crippen molar-refractivity contribution in [2.45, 2.75) is 26.7 Å². The van der Waals surface area contributed by atoms with Crippen LogP contribution in [0, 0.1) is 0 Å². The zero-order chi connectivity index (χ0) is 7.82. The first-order chi connectivity index (χ1) is 4.81. The normalized spacial score (nSPS) is 9.80. The molecular formula is C7H14IO2-. The fourth-order valence-electron chi connectivity index (χ4n) is 0.444. The first kappa shape index (κ1) is 10.2. The number of hydrogen-bond acceptors (Lipinski definition) is 2. The minimum absolute atomic E-state index is 0.0507. The van der Waals surface area contributed by atoms with Crippen LogP contribution in [0.5, 0.6) is 0 Å². The summed E-state index contributed by atoms with van der Waals surface area (Å²) in [7, 11) is 0. The van der Waals surface area contributed by atoms with Gasteiger partial charge in [0.05, 0.1) is 0 Å². The van der Waals surface area contributed by atoms with Gasteiger partial charge in [-0.1, -0.05) is 0 Å². The predicted octanol–water partition coefficient (Wildman–Crippen LogP) is -0.968. The van der Waals surface area contributed by atoms with Gasteiger partial charge < -0.3 is 0 Å². The number of ether oxygens (including phenoxy) is 1. The van der Waals surface area contributed by atoms with Crippen LogP contribution in [0.3, 0.4) is 0 Å². The number of alkyl halides is 1. The molecule has 0 bridgehead atoms. The molecule has 0 unspecified atom stereocenters. The molecule has 3 heteroatoms. The predicted molar refractivity (Wildman–Crippen MR) is 36.8 cm³/mol. The monoisotopic (exact) mass is 257 g/mol. The number of unbranched alkanes of at least 4 members (excludes halogenated alkanes) is 1. The molecule has 0 aromatic heterocycles. The summed E-state index contributed by atoms with van der Waals surface area (Å²) in [6.45, 7) is 4.73. The average Bonchev–Trinajstić information content (AvgIpc) is 1.89. The van der Waals surface area contributed by atoms with Gasteiger partial charge in [-0.2, -0.15) is 0 Å². The fourth-order valence-corrected chi connectivity index (χ4v) is 1.51. The number of halogens is 1. The molecule has 0 rings (SSSR count). The van der Waals surface area contributed by atoms with Crippen LogP contribution in [0.1, 0.15) is 26.7 Å². The van der Waals surface area contributed by atoms with E-state index in [4.69, 9.17) is 4.74 Å². The number of rotatable bonds is 5. The van der Waals surface area contributed by atoms with Crippen LogP contribution in [-0.4, -0.2) is 15.0 Å². The Balaban J connectivity index is 3.05. The Bertz CT molecular complexity index is 93.6. The summed E-state index contributed by atoms with van der Waals surface area (Å²) in [6.07, 6.45) is 2.09. The van der Waals surface area contributed by atoms with Gasteiger partial charge in [-0.3, -0.25) is 0 Å². The van der Waals surface area contributed by atoms with E-state index in [1.165, 1.54) is 0 Å². The van der Waals surface area contributed by atoms with Crippen molar-refractivity contribution in [1.82, 2.24) is 0 Å². The van der Waals surface area contributed by atoms with E-state index >= 15 is 0 Å². The molecule has 0 aliphatic heterocycles. The molecule has 0 aliphatic carbocycles. The van der Waals surface area contributed by atoms with Gasteiger partial charge in [0, 0.05) is 0 Å². The van der Waals surface area contributed by atoms with Crippen LogP contribution >= 0.6 is 0 Å². The van der Waals surface area contributed by atoms with E-state index in [0.717, 1.165) is 17.3 Å². The number of hydrogen-bond donors (Lipinski definition) is 0. The molecule has 0 aromatic rings. The molecule has 0 aromatic carbocycles. The van der Waals surface area contributed by atoms with Gasteiger partial charge in [0.1, 0.15) is 0 Å². The minimum atomic E-state index is -0.314. The van der Waals surface area contributed by atoms with Crippen LogP contribution in [0.2, 0.25) is 0 Å². The van der Waals surface area contributed by atoms with Crippen LogP contribution in [0.25, 0.3) is 0 Å². The standard InChI is InChI=1S/C7H14IO2/c1-3-5-6-10-7(9)8-4-2/h3-6H2,1-2H3/q-1. The topological polar surface area (TPSA) is 26.3 Å². The molecule has 2 nitrogen and oxygen atoms in total. The van der Waals surface area contributed by atoms with Crippen molar-refractivity contribution in [3.8, 4) is 0 Å². The Morgan fingerprint density at radius 3 is 2.70 bits per heavy atom. The summed E-state index contributed by atoms with van der Waals surface area (Å²) >= 11 is -0.314. The summed E-state index contributed by atoms with van der Waals surface area (Å²) in [5, 5.41) is 0. The van der Waals surface area contributed by atoms with Crippen molar-refractivity contribution < 1.29 is 30.7 Å². The van der Waals surface area contributed by atoms with E-state index in [0.29, 0.717) is 6.61 Å². The molecule has 0 spiro atoms. The molecule has 0 N–H and O–H groups in total. The number of carbonyl (C=O) groups excluding carboxylic acids is 1. The third-order valence-corrected chi connectivity index (χ3v) is 2.65. The molecule has 62 valence electrons. The van der Waals surface area contributed by atoms with Gasteiger partial charge in [0.25, 0.3) is 0 Å². The summed E-state index contributed by atoms with van der Waals surface area (Å²) in [5.74, 6) is 0. The van der Waals surface area contributed by atoms with E-state index in [1.54, 1.807) is 0 Å². The van der Waals surface area contributed by atoms with E-state index in [1.807, 2.05) is 6.92 Å². The zero-order valence-electron chi connectivity index (χ0n) is 6.52. The third-order valence-electron chi connectivity index (χ3n) is 0.956. The molecule has 0 heterocycles. The van der Waals surface area contributed by atoms with Crippen molar-refractivity contribution in [3.63, 3.8) is 0 Å². The molecule has 0 aliphatic rings. The van der Waals surface area contributed by atoms with Crippen molar-refractivity contribution in [2.75, 3.05) is 11.0 Å². The third kappa shape index (κ3) is 6.32. The molecule has 0 fully saturated rings. The van der Waals surface area contributed by atoms with Crippen LogP contribution in [0.15, 0.2) is 0 Å². The van der Waals surface area contributed by atoms with Crippen LogP contribution < -0.4 is 21.2 Å². The van der Waals surface area contributed by atoms with Crippen LogP contribution in [-0.2, 0) is 4.74 Å². The van der Waals surface area contributed by atoms with E-state index < -0.39 is 0 Å². The number of carbonyl (C=O) groups is 1. The summed E-state index contributed by atoms with van der Waals surface area (Å²) < 4.78 is 5.97. The second-order valence-electron chi connectivity index (χ2n) is 1.84. The van der Waals surface area contributed by atoms with Crippen molar-refractivity contribution in [1.29, 1.82) is 0 Å². The Morgan fingerprint density at radius 2 is 2.20 bits per heavy atom. The SMILES string of the molecule is CCCCOC(=O)[I-]CC. The summed E-state index contributed by atoms with van der Waals surface area (Å²) in [5.41, 5.74) is 0. The van der Waals surface area contributed by atoms with Crippen molar-refractivity contribution in [2.24, 2.45) is 0 Å². The fraction of sp³-hybridized carbons (Fsp3) is 0.857. The maximum absolute atomic E-state index is 10.7. The molecule has 10 heavy (non-hydrogen) atoms. The average molecular weight is 257 g/mol. The van der Waals surface area contributed by atoms with Gasteiger partial charge in [-0.25, -0.2) is 0 Å². The van der Waals surface area contributed by atoms with E-state index in [9.17, 15) is 4.79 Å². The Kier molecular flexibility index (Phi) is 7.45. The Morgan fingerprint density at radius 1 is 1.50 bits per heavy atom. The van der Waals surface area contributed by atoms with Gasteiger partial charge in [0.2, 0.25) is 0 Å².